The molecule has 2 heterocycles. The lowest BCUT2D eigenvalue weighted by Crippen LogP contribution is -2.13. The van der Waals surface area contributed by atoms with Crippen LogP contribution in [0.2, 0.25) is 0 Å². The maximum Gasteiger partial charge on any atom is 0.159 e. The molecule has 0 fully saturated rings. The highest BCUT2D eigenvalue weighted by Crippen LogP contribution is 2.54. The molecule has 348 valence electrons. The first-order chi connectivity index (χ1) is 36.7. The molecule has 0 bridgehead atoms. The number of furan rings is 1. The van der Waals surface area contributed by atoms with Crippen molar-refractivity contribution in [3.8, 4) is 67.1 Å². The van der Waals surface area contributed by atoms with Gasteiger partial charge in [0.05, 0.1) is 5.69 Å². The van der Waals surface area contributed by atoms with Crippen molar-refractivity contribution in [2.75, 3.05) is 9.80 Å². The molecule has 1 aliphatic rings. The summed E-state index contributed by atoms with van der Waals surface area (Å²) >= 11 is 0. The number of rotatable bonds is 10. The highest BCUT2D eigenvalue weighted by molar-refractivity contribution is 6.10. The van der Waals surface area contributed by atoms with Gasteiger partial charge in [-0.25, -0.2) is 0 Å². The number of para-hydroxylation sites is 2. The molecular weight excluding hydrogens is 901 g/mol. The molecule has 0 spiro atoms. The van der Waals surface area contributed by atoms with Crippen LogP contribution >= 0.6 is 0 Å². The Morgan fingerprint density at radius 2 is 0.743 bits per heavy atom. The molecule has 1 aliphatic heterocycles. The minimum absolute atomic E-state index is 0.787. The lowest BCUT2D eigenvalue weighted by molar-refractivity contribution is 0.488. The number of ether oxygens (including phenoxy) is 1. The van der Waals surface area contributed by atoms with Crippen molar-refractivity contribution in [2.45, 2.75) is 0 Å². The molecule has 13 aromatic rings. The van der Waals surface area contributed by atoms with Gasteiger partial charge < -0.3 is 19.0 Å². The van der Waals surface area contributed by atoms with Crippen LogP contribution in [0.3, 0.4) is 0 Å². The van der Waals surface area contributed by atoms with Gasteiger partial charge >= 0.3 is 0 Å². The van der Waals surface area contributed by atoms with Gasteiger partial charge in [0.15, 0.2) is 5.75 Å². The Balaban J connectivity index is 0.896. The monoisotopic (exact) mass is 946 g/mol. The normalized spacial score (nSPS) is 11.6. The second-order valence-electron chi connectivity index (χ2n) is 18.8. The highest BCUT2D eigenvalue weighted by atomic mass is 16.5. The summed E-state index contributed by atoms with van der Waals surface area (Å²) in [5, 5.41) is 4.42. The molecule has 0 saturated carbocycles. The average molecular weight is 947 g/mol. The van der Waals surface area contributed by atoms with E-state index in [2.05, 4.69) is 277 Å². The van der Waals surface area contributed by atoms with Crippen molar-refractivity contribution in [1.29, 1.82) is 0 Å². The molecule has 0 saturated heterocycles. The van der Waals surface area contributed by atoms with Gasteiger partial charge in [0.1, 0.15) is 16.9 Å². The quantitative estimate of drug-likeness (QED) is 0.137. The number of nitrogens with zero attached hydrogens (tertiary/aromatic N) is 2. The molecule has 12 aromatic carbocycles. The number of hydrogen-bond donors (Lipinski definition) is 0. The van der Waals surface area contributed by atoms with Gasteiger partial charge in [-0.05, 0) is 123 Å². The van der Waals surface area contributed by atoms with Crippen molar-refractivity contribution in [2.24, 2.45) is 0 Å². The fourth-order valence-corrected chi connectivity index (χ4v) is 10.8. The fourth-order valence-electron chi connectivity index (χ4n) is 10.8. The zero-order valence-corrected chi connectivity index (χ0v) is 40.3. The van der Waals surface area contributed by atoms with E-state index < -0.39 is 0 Å². The van der Waals surface area contributed by atoms with Crippen LogP contribution in [0.25, 0.3) is 88.3 Å². The highest BCUT2D eigenvalue weighted by Gasteiger charge is 2.28. The topological polar surface area (TPSA) is 28.9 Å². The Morgan fingerprint density at radius 3 is 1.32 bits per heavy atom. The smallest absolute Gasteiger partial charge is 0.159 e. The van der Waals surface area contributed by atoms with Gasteiger partial charge in [0, 0.05) is 61.8 Å². The predicted molar refractivity (Wildman–Crippen MR) is 308 cm³/mol. The molecule has 4 nitrogen and oxygen atoms in total. The maximum absolute atomic E-state index is 7.40. The summed E-state index contributed by atoms with van der Waals surface area (Å²) in [5.41, 5.74) is 19.1. The van der Waals surface area contributed by atoms with E-state index in [0.29, 0.717) is 0 Å². The van der Waals surface area contributed by atoms with Crippen LogP contribution in [0.4, 0.5) is 34.1 Å². The van der Waals surface area contributed by atoms with E-state index in [1.165, 1.54) is 16.7 Å². The van der Waals surface area contributed by atoms with Crippen molar-refractivity contribution in [3.05, 3.63) is 279 Å². The molecule has 14 rings (SSSR count). The fraction of sp³-hybridized carbons (Fsp3) is 0. The van der Waals surface area contributed by atoms with Crippen molar-refractivity contribution < 1.29 is 9.15 Å². The summed E-state index contributed by atoms with van der Waals surface area (Å²) in [4.78, 5) is 4.65. The molecule has 0 radical (unpaired) electrons. The summed E-state index contributed by atoms with van der Waals surface area (Å²) in [7, 11) is 0. The zero-order chi connectivity index (χ0) is 49.0. The Bertz CT molecular complexity index is 4090. The number of hydrogen-bond acceptors (Lipinski definition) is 4. The van der Waals surface area contributed by atoms with Crippen LogP contribution in [0.15, 0.2) is 283 Å². The third-order valence-corrected chi connectivity index (χ3v) is 14.5. The van der Waals surface area contributed by atoms with Crippen LogP contribution in [0, 0.1) is 0 Å². The standard InChI is InChI=1S/C70H46N2O2/c1-4-14-47(15-5-1)50-26-35-55(36-27-50)71(56-37-28-51(29-38-56)48-16-6-2-7-17-48)59-43-44-62-63-23-12-20-54-34-45-65(70(68(54)63)74-67(62)46-59)72(57-39-30-52(31-40-57)49-18-8-3-9-19-49)58-41-32-53(33-42-58)60-22-13-24-64-61-21-10-11-25-66(61)73-69(60)64/h1-46H. The summed E-state index contributed by atoms with van der Waals surface area (Å²) < 4.78 is 13.9. The first-order valence-corrected chi connectivity index (χ1v) is 25.1. The van der Waals surface area contributed by atoms with E-state index in [1.54, 1.807) is 0 Å². The molecule has 4 heteroatoms. The molecule has 0 atom stereocenters. The summed E-state index contributed by atoms with van der Waals surface area (Å²) in [6.07, 6.45) is 0. The Hall–Kier alpha value is -9.90. The minimum atomic E-state index is 0.787. The van der Waals surface area contributed by atoms with Crippen LogP contribution < -0.4 is 14.5 Å². The molecule has 74 heavy (non-hydrogen) atoms. The van der Waals surface area contributed by atoms with Crippen LogP contribution in [0.5, 0.6) is 11.5 Å². The summed E-state index contributed by atoms with van der Waals surface area (Å²) in [5.74, 6) is 1.59. The van der Waals surface area contributed by atoms with Crippen molar-refractivity contribution in [1.82, 2.24) is 0 Å². The number of benzene rings is 12. The molecular formula is C70H46N2O2. The molecule has 0 unspecified atom stereocenters. The minimum Gasteiger partial charge on any atom is -0.455 e. The second kappa shape index (κ2) is 18.1. The Morgan fingerprint density at radius 1 is 0.284 bits per heavy atom. The summed E-state index contributed by atoms with van der Waals surface area (Å²) in [6.45, 7) is 0. The average Bonchev–Trinajstić information content (AvgIpc) is 3.87. The maximum atomic E-state index is 7.40. The lowest BCUT2D eigenvalue weighted by Gasteiger charge is -2.32. The van der Waals surface area contributed by atoms with Crippen LogP contribution in [0.1, 0.15) is 0 Å². The van der Waals surface area contributed by atoms with Gasteiger partial charge in [0.25, 0.3) is 0 Å². The van der Waals surface area contributed by atoms with Gasteiger partial charge in [-0.2, -0.15) is 0 Å². The first kappa shape index (κ1) is 42.9. The molecule has 0 N–H and O–H groups in total. The third kappa shape index (κ3) is 7.56. The lowest BCUT2D eigenvalue weighted by atomic mass is 9.93. The zero-order valence-electron chi connectivity index (χ0n) is 40.3. The number of fused-ring (bicyclic) bond motifs is 5. The van der Waals surface area contributed by atoms with E-state index in [0.717, 1.165) is 117 Å². The van der Waals surface area contributed by atoms with Crippen molar-refractivity contribution in [3.63, 3.8) is 0 Å². The van der Waals surface area contributed by atoms with E-state index in [9.17, 15) is 0 Å². The van der Waals surface area contributed by atoms with Gasteiger partial charge in [0.2, 0.25) is 0 Å². The summed E-state index contributed by atoms with van der Waals surface area (Å²) in [6, 6.07) is 99.3. The molecule has 1 aromatic heterocycles. The van der Waals surface area contributed by atoms with E-state index in [-0.39, 0.29) is 0 Å². The van der Waals surface area contributed by atoms with Gasteiger partial charge in [-0.1, -0.05) is 200 Å². The van der Waals surface area contributed by atoms with E-state index in [1.807, 2.05) is 12.1 Å². The van der Waals surface area contributed by atoms with Gasteiger partial charge in [-0.3, -0.25) is 0 Å². The van der Waals surface area contributed by atoms with Gasteiger partial charge in [-0.15, -0.1) is 0 Å². The largest absolute Gasteiger partial charge is 0.455 e. The third-order valence-electron chi connectivity index (χ3n) is 14.5. The van der Waals surface area contributed by atoms with Crippen LogP contribution in [-0.4, -0.2) is 0 Å². The van der Waals surface area contributed by atoms with Crippen molar-refractivity contribution >= 4 is 66.8 Å². The molecule has 0 amide bonds. The first-order valence-electron chi connectivity index (χ1n) is 25.1. The van der Waals surface area contributed by atoms with Crippen LogP contribution in [-0.2, 0) is 0 Å². The second-order valence-corrected chi connectivity index (χ2v) is 18.8. The predicted octanol–water partition coefficient (Wildman–Crippen LogP) is 20.1. The van der Waals surface area contributed by atoms with E-state index >= 15 is 0 Å². The SMILES string of the molecule is c1ccc(-c2ccc(N(c3ccc(-c4ccccc4)cc3)c3ccc4c(c3)Oc3c(N(c5ccc(-c6ccccc6)cc5)c5ccc(-c6cccc7c6oc6ccccc67)cc5)ccc5cccc-4c35)cc2)cc1. The Kier molecular flexibility index (Phi) is 10.5. The number of anilines is 6. The van der Waals surface area contributed by atoms with E-state index in [4.69, 9.17) is 9.15 Å². The molecule has 0 aliphatic carbocycles. The Labute approximate surface area is 429 Å².